The Balaban J connectivity index is 1.57. The predicted octanol–water partition coefficient (Wildman–Crippen LogP) is 5.47. The minimum Gasteiger partial charge on any atom is -0.491 e. The van der Waals surface area contributed by atoms with Gasteiger partial charge in [0.05, 0.1) is 28.2 Å². The molecule has 3 aromatic carbocycles. The lowest BCUT2D eigenvalue weighted by atomic mass is 10.1. The number of ether oxygens (including phenoxy) is 1. The summed E-state index contributed by atoms with van der Waals surface area (Å²) in [4.78, 5) is 13.5. The zero-order valence-electron chi connectivity index (χ0n) is 18.2. The van der Waals surface area contributed by atoms with Crippen LogP contribution in [0.2, 0.25) is 5.02 Å². The molecule has 5 aromatic rings. The molecule has 2 heterocycles. The highest BCUT2D eigenvalue weighted by atomic mass is 35.5. The summed E-state index contributed by atoms with van der Waals surface area (Å²) in [6, 6.07) is 20.9. The lowest BCUT2D eigenvalue weighted by Gasteiger charge is -2.15. The first kappa shape index (κ1) is 21.6. The van der Waals surface area contributed by atoms with Crippen LogP contribution in [0.1, 0.15) is 11.1 Å². The van der Waals surface area contributed by atoms with Gasteiger partial charge in [0.1, 0.15) is 5.75 Å². The largest absolute Gasteiger partial charge is 0.491 e. The smallest absolute Gasteiger partial charge is 0.267 e. The second kappa shape index (κ2) is 8.92. The molecule has 33 heavy (non-hydrogen) atoms. The van der Waals surface area contributed by atoms with Gasteiger partial charge >= 0.3 is 0 Å². The highest BCUT2D eigenvalue weighted by Crippen LogP contribution is 2.27. The molecule has 0 saturated carbocycles. The Morgan fingerprint density at radius 1 is 0.939 bits per heavy atom. The Kier molecular flexibility index (Phi) is 5.83. The van der Waals surface area contributed by atoms with E-state index < -0.39 is 0 Å². The van der Waals surface area contributed by atoms with E-state index in [1.807, 2.05) is 78.9 Å². The molecular formula is C25H21ClN4O2S. The van der Waals surface area contributed by atoms with Gasteiger partial charge in [-0.1, -0.05) is 65.8 Å². The number of benzene rings is 3. The third-order valence-electron chi connectivity index (χ3n) is 5.47. The van der Waals surface area contributed by atoms with Crippen LogP contribution in [-0.2, 0) is 0 Å². The second-order valence-corrected chi connectivity index (χ2v) is 9.11. The molecule has 2 aromatic heterocycles. The molecule has 5 rings (SSSR count). The van der Waals surface area contributed by atoms with Crippen molar-refractivity contribution in [3.63, 3.8) is 0 Å². The molecule has 0 aliphatic rings. The van der Waals surface area contributed by atoms with Crippen LogP contribution in [0.3, 0.4) is 0 Å². The van der Waals surface area contributed by atoms with Gasteiger partial charge in [0.2, 0.25) is 5.78 Å². The van der Waals surface area contributed by atoms with Gasteiger partial charge in [-0.3, -0.25) is 9.20 Å². The summed E-state index contributed by atoms with van der Waals surface area (Å²) >= 11 is 7.69. The maximum Gasteiger partial charge on any atom is 0.267 e. The number of halogens is 1. The number of thioether (sulfide) groups is 1. The van der Waals surface area contributed by atoms with E-state index in [-0.39, 0.29) is 5.56 Å². The summed E-state index contributed by atoms with van der Waals surface area (Å²) < 4.78 is 9.43. The van der Waals surface area contributed by atoms with Gasteiger partial charge in [0.25, 0.3) is 5.56 Å². The standard InChI is InChI=1S/C25H21ClN4O2S/c1-16-8-7-9-17(2)22(16)30-23(31)18-10-3-5-12-20(18)29-24(30)27-28-25(29)33-15-14-32-21-13-6-4-11-19(21)26/h3-13H,14-15H2,1-2H3. The minimum atomic E-state index is -0.110. The van der Waals surface area contributed by atoms with E-state index in [2.05, 4.69) is 10.2 Å². The zero-order chi connectivity index (χ0) is 22.9. The third-order valence-corrected chi connectivity index (χ3v) is 6.67. The van der Waals surface area contributed by atoms with Gasteiger partial charge in [-0.25, -0.2) is 4.57 Å². The first-order valence-electron chi connectivity index (χ1n) is 10.5. The van der Waals surface area contributed by atoms with Crippen molar-refractivity contribution in [1.82, 2.24) is 19.2 Å². The van der Waals surface area contributed by atoms with Crippen molar-refractivity contribution >= 4 is 40.0 Å². The lowest BCUT2D eigenvalue weighted by molar-refractivity contribution is 0.344. The molecule has 0 fully saturated rings. The molecule has 6 nitrogen and oxygen atoms in total. The molecule has 8 heteroatoms. The SMILES string of the molecule is Cc1cccc(C)c1-n1c(=O)c2ccccc2n2c(SCCOc3ccccc3Cl)nnc12. The van der Waals surface area contributed by atoms with Crippen LogP contribution in [0.5, 0.6) is 5.75 Å². The average Bonchev–Trinajstić information content (AvgIpc) is 3.23. The maximum absolute atomic E-state index is 13.5. The van der Waals surface area contributed by atoms with E-state index in [0.717, 1.165) is 22.3 Å². The van der Waals surface area contributed by atoms with Crippen molar-refractivity contribution in [2.75, 3.05) is 12.4 Å². The van der Waals surface area contributed by atoms with E-state index in [0.29, 0.717) is 39.5 Å². The summed E-state index contributed by atoms with van der Waals surface area (Å²) in [7, 11) is 0. The fraction of sp³-hybridized carbons (Fsp3) is 0.160. The highest BCUT2D eigenvalue weighted by Gasteiger charge is 2.19. The molecule has 0 unspecified atom stereocenters. The minimum absolute atomic E-state index is 0.110. The van der Waals surface area contributed by atoms with Gasteiger partial charge in [-0.2, -0.15) is 0 Å². The number of nitrogens with zero attached hydrogens (tertiary/aromatic N) is 4. The Hall–Kier alpha value is -3.29. The van der Waals surface area contributed by atoms with Gasteiger partial charge in [0, 0.05) is 5.75 Å². The van der Waals surface area contributed by atoms with Crippen molar-refractivity contribution < 1.29 is 4.74 Å². The molecule has 0 N–H and O–H groups in total. The predicted molar refractivity (Wildman–Crippen MR) is 133 cm³/mol. The number of para-hydroxylation sites is 3. The Morgan fingerprint density at radius 2 is 1.67 bits per heavy atom. The summed E-state index contributed by atoms with van der Waals surface area (Å²) in [6.45, 7) is 4.45. The second-order valence-electron chi connectivity index (χ2n) is 7.64. The summed E-state index contributed by atoms with van der Waals surface area (Å²) in [5, 5.41) is 10.8. The van der Waals surface area contributed by atoms with E-state index >= 15 is 0 Å². The molecule has 0 saturated heterocycles. The number of aromatic nitrogens is 4. The van der Waals surface area contributed by atoms with E-state index in [1.54, 1.807) is 10.6 Å². The Bertz CT molecular complexity index is 1520. The molecule has 0 aliphatic heterocycles. The van der Waals surface area contributed by atoms with Crippen molar-refractivity contribution in [3.8, 4) is 11.4 Å². The zero-order valence-corrected chi connectivity index (χ0v) is 19.7. The van der Waals surface area contributed by atoms with Gasteiger partial charge in [-0.15, -0.1) is 10.2 Å². The molecule has 0 radical (unpaired) electrons. The van der Waals surface area contributed by atoms with Crippen LogP contribution < -0.4 is 10.3 Å². The highest BCUT2D eigenvalue weighted by molar-refractivity contribution is 7.99. The molecule has 0 aliphatic carbocycles. The van der Waals surface area contributed by atoms with Crippen molar-refractivity contribution in [3.05, 3.63) is 93.2 Å². The van der Waals surface area contributed by atoms with Gasteiger partial charge in [-0.05, 0) is 49.2 Å². The maximum atomic E-state index is 13.5. The molecule has 0 bridgehead atoms. The van der Waals surface area contributed by atoms with Crippen LogP contribution >= 0.6 is 23.4 Å². The normalized spacial score (nSPS) is 11.4. The van der Waals surface area contributed by atoms with E-state index in [9.17, 15) is 4.79 Å². The van der Waals surface area contributed by atoms with E-state index in [4.69, 9.17) is 16.3 Å². The number of aryl methyl sites for hydroxylation is 2. The number of hydrogen-bond acceptors (Lipinski definition) is 5. The molecular weight excluding hydrogens is 456 g/mol. The Morgan fingerprint density at radius 3 is 2.45 bits per heavy atom. The summed E-state index contributed by atoms with van der Waals surface area (Å²) in [5.41, 5.74) is 3.50. The van der Waals surface area contributed by atoms with Crippen LogP contribution in [0.25, 0.3) is 22.4 Å². The van der Waals surface area contributed by atoms with Crippen LogP contribution in [0.4, 0.5) is 0 Å². The molecule has 0 atom stereocenters. The number of hydrogen-bond donors (Lipinski definition) is 0. The third kappa shape index (κ3) is 3.87. The molecule has 0 amide bonds. The van der Waals surface area contributed by atoms with Crippen LogP contribution in [0.15, 0.2) is 76.7 Å². The molecule has 0 spiro atoms. The quantitative estimate of drug-likeness (QED) is 0.240. The van der Waals surface area contributed by atoms with Crippen molar-refractivity contribution in [2.24, 2.45) is 0 Å². The number of rotatable bonds is 6. The topological polar surface area (TPSA) is 61.4 Å². The number of fused-ring (bicyclic) bond motifs is 3. The lowest BCUT2D eigenvalue weighted by Crippen LogP contribution is -2.23. The van der Waals surface area contributed by atoms with Gasteiger partial charge in [0.15, 0.2) is 5.16 Å². The first-order valence-corrected chi connectivity index (χ1v) is 11.9. The van der Waals surface area contributed by atoms with Crippen LogP contribution in [-0.4, -0.2) is 31.5 Å². The average molecular weight is 477 g/mol. The van der Waals surface area contributed by atoms with E-state index in [1.165, 1.54) is 11.8 Å². The van der Waals surface area contributed by atoms with Crippen LogP contribution in [0, 0.1) is 13.8 Å². The summed E-state index contributed by atoms with van der Waals surface area (Å²) in [5.74, 6) is 1.79. The van der Waals surface area contributed by atoms with Crippen molar-refractivity contribution in [2.45, 2.75) is 19.0 Å². The first-order chi connectivity index (χ1) is 16.1. The van der Waals surface area contributed by atoms with Gasteiger partial charge < -0.3 is 4.74 Å². The monoisotopic (exact) mass is 476 g/mol. The fourth-order valence-corrected chi connectivity index (χ4v) is 4.93. The molecule has 166 valence electrons. The Labute approximate surface area is 199 Å². The summed E-state index contributed by atoms with van der Waals surface area (Å²) in [6.07, 6.45) is 0. The van der Waals surface area contributed by atoms with Crippen molar-refractivity contribution in [1.29, 1.82) is 0 Å². The fourth-order valence-electron chi connectivity index (χ4n) is 3.98.